The lowest BCUT2D eigenvalue weighted by Crippen LogP contribution is -2.33. The van der Waals surface area contributed by atoms with Crippen molar-refractivity contribution in [2.45, 2.75) is 58.7 Å². The van der Waals surface area contributed by atoms with Crippen LogP contribution in [0.25, 0.3) is 0 Å². The van der Waals surface area contributed by atoms with Gasteiger partial charge in [-0.3, -0.25) is 0 Å². The molecule has 1 heterocycles. The fourth-order valence-electron chi connectivity index (χ4n) is 2.02. The van der Waals surface area contributed by atoms with Crippen molar-refractivity contribution in [2.75, 3.05) is 13.7 Å². The van der Waals surface area contributed by atoms with Crippen LogP contribution in [0.2, 0.25) is 0 Å². The van der Waals surface area contributed by atoms with E-state index in [1.165, 1.54) is 0 Å². The molecule has 1 aromatic heterocycles. The Labute approximate surface area is 110 Å². The molecule has 0 bridgehead atoms. The van der Waals surface area contributed by atoms with Crippen LogP contribution in [0.3, 0.4) is 0 Å². The van der Waals surface area contributed by atoms with Crippen LogP contribution >= 0.6 is 0 Å². The van der Waals surface area contributed by atoms with Gasteiger partial charge in [0.2, 0.25) is 0 Å². The van der Waals surface area contributed by atoms with Gasteiger partial charge < -0.3 is 10.1 Å². The van der Waals surface area contributed by atoms with Gasteiger partial charge in [0.1, 0.15) is 0 Å². The summed E-state index contributed by atoms with van der Waals surface area (Å²) < 4.78 is 7.51. The van der Waals surface area contributed by atoms with Gasteiger partial charge in [0.05, 0.1) is 23.5 Å². The first-order chi connectivity index (χ1) is 8.54. The zero-order valence-electron chi connectivity index (χ0n) is 12.2. The number of nitrogens with zero attached hydrogens (tertiary/aromatic N) is 3. The van der Waals surface area contributed by atoms with E-state index < -0.39 is 0 Å². The smallest absolute Gasteiger partial charge is 0.0757 e. The molecule has 0 saturated heterocycles. The highest BCUT2D eigenvalue weighted by atomic mass is 16.5. The molecule has 0 aromatic carbocycles. The first-order valence-electron chi connectivity index (χ1n) is 6.71. The Hall–Kier alpha value is -0.940. The van der Waals surface area contributed by atoms with Crippen LogP contribution in [0.4, 0.5) is 0 Å². The minimum absolute atomic E-state index is 0.159. The number of hydrogen-bond donors (Lipinski definition) is 1. The summed E-state index contributed by atoms with van der Waals surface area (Å²) in [5, 5.41) is 11.7. The molecule has 1 N–H and O–H groups in total. The summed E-state index contributed by atoms with van der Waals surface area (Å²) in [5.41, 5.74) is 0.984. The summed E-state index contributed by atoms with van der Waals surface area (Å²) in [5.74, 6) is 0. The number of aryl methyl sites for hydroxylation is 1. The average Bonchev–Trinajstić information content (AvgIpc) is 2.77. The van der Waals surface area contributed by atoms with E-state index in [0.717, 1.165) is 31.6 Å². The minimum atomic E-state index is -0.159. The van der Waals surface area contributed by atoms with Gasteiger partial charge >= 0.3 is 0 Å². The third kappa shape index (κ3) is 4.07. The van der Waals surface area contributed by atoms with Crippen molar-refractivity contribution in [1.82, 2.24) is 20.3 Å². The van der Waals surface area contributed by atoms with Gasteiger partial charge in [-0.05, 0) is 33.2 Å². The summed E-state index contributed by atoms with van der Waals surface area (Å²) in [4.78, 5) is 0. The lowest BCUT2D eigenvalue weighted by Gasteiger charge is -2.29. The zero-order chi connectivity index (χ0) is 13.6. The molecule has 1 atom stereocenters. The van der Waals surface area contributed by atoms with Crippen molar-refractivity contribution in [3.05, 3.63) is 11.9 Å². The maximum absolute atomic E-state index is 5.52. The van der Waals surface area contributed by atoms with Crippen molar-refractivity contribution < 1.29 is 4.74 Å². The van der Waals surface area contributed by atoms with Gasteiger partial charge in [0.25, 0.3) is 0 Å². The molecule has 0 aliphatic carbocycles. The molecular formula is C13H26N4O. The van der Waals surface area contributed by atoms with Crippen LogP contribution in [0.5, 0.6) is 0 Å². The van der Waals surface area contributed by atoms with Crippen molar-refractivity contribution in [1.29, 1.82) is 0 Å². The van der Waals surface area contributed by atoms with Crippen molar-refractivity contribution in [3.8, 4) is 0 Å². The van der Waals surface area contributed by atoms with Crippen molar-refractivity contribution >= 4 is 0 Å². The quantitative estimate of drug-likeness (QED) is 0.772. The zero-order valence-corrected chi connectivity index (χ0v) is 12.2. The lowest BCUT2D eigenvalue weighted by molar-refractivity contribution is 0.00625. The largest absolute Gasteiger partial charge is 0.379 e. The summed E-state index contributed by atoms with van der Waals surface area (Å²) >= 11 is 0. The normalized spacial score (nSPS) is 13.8. The Morgan fingerprint density at radius 2 is 2.17 bits per heavy atom. The SMILES string of the molecule is CCCn1nncc1C(CC(C)(C)OC)NCC. The number of ether oxygens (including phenoxy) is 1. The highest BCUT2D eigenvalue weighted by Crippen LogP contribution is 2.25. The highest BCUT2D eigenvalue weighted by Gasteiger charge is 2.25. The van der Waals surface area contributed by atoms with E-state index in [0.29, 0.717) is 0 Å². The van der Waals surface area contributed by atoms with Crippen LogP contribution in [-0.2, 0) is 11.3 Å². The molecule has 5 heteroatoms. The Bertz CT molecular complexity index is 349. The molecule has 5 nitrogen and oxygen atoms in total. The molecule has 1 rings (SSSR count). The van der Waals surface area contributed by atoms with E-state index in [1.54, 1.807) is 7.11 Å². The molecule has 18 heavy (non-hydrogen) atoms. The van der Waals surface area contributed by atoms with Gasteiger partial charge in [-0.1, -0.05) is 19.1 Å². The summed E-state index contributed by atoms with van der Waals surface area (Å²) in [6.07, 6.45) is 3.81. The molecule has 1 unspecified atom stereocenters. The van der Waals surface area contributed by atoms with E-state index in [4.69, 9.17) is 4.74 Å². The van der Waals surface area contributed by atoms with Crippen molar-refractivity contribution in [3.63, 3.8) is 0 Å². The van der Waals surface area contributed by atoms with Gasteiger partial charge in [0.15, 0.2) is 0 Å². The predicted molar refractivity (Wildman–Crippen MR) is 72.4 cm³/mol. The van der Waals surface area contributed by atoms with Crippen molar-refractivity contribution in [2.24, 2.45) is 0 Å². The Morgan fingerprint density at radius 3 is 2.72 bits per heavy atom. The molecule has 0 saturated carbocycles. The molecular weight excluding hydrogens is 228 g/mol. The van der Waals surface area contributed by atoms with Crippen LogP contribution in [0, 0.1) is 0 Å². The number of methoxy groups -OCH3 is 1. The van der Waals surface area contributed by atoms with E-state index in [-0.39, 0.29) is 11.6 Å². The molecule has 0 radical (unpaired) electrons. The Balaban J connectivity index is 2.86. The van der Waals surface area contributed by atoms with E-state index in [2.05, 4.69) is 43.3 Å². The second-order valence-electron chi connectivity index (χ2n) is 5.16. The first kappa shape index (κ1) is 15.1. The maximum atomic E-state index is 5.52. The van der Waals surface area contributed by atoms with E-state index >= 15 is 0 Å². The summed E-state index contributed by atoms with van der Waals surface area (Å²) in [7, 11) is 1.75. The van der Waals surface area contributed by atoms with Gasteiger partial charge in [-0.2, -0.15) is 0 Å². The monoisotopic (exact) mass is 254 g/mol. The van der Waals surface area contributed by atoms with E-state index in [9.17, 15) is 0 Å². The van der Waals surface area contributed by atoms with Crippen LogP contribution in [0.1, 0.15) is 52.3 Å². The van der Waals surface area contributed by atoms with E-state index in [1.807, 2.05) is 10.9 Å². The molecule has 1 aromatic rings. The Kier molecular flexibility index (Phi) is 5.75. The minimum Gasteiger partial charge on any atom is -0.379 e. The number of nitrogens with one attached hydrogen (secondary N) is 1. The number of hydrogen-bond acceptors (Lipinski definition) is 4. The van der Waals surface area contributed by atoms with Crippen LogP contribution in [0.15, 0.2) is 6.20 Å². The predicted octanol–water partition coefficient (Wildman–Crippen LogP) is 2.15. The maximum Gasteiger partial charge on any atom is 0.0757 e. The second-order valence-corrected chi connectivity index (χ2v) is 5.16. The standard InChI is InChI=1S/C13H26N4O/c1-6-8-17-12(10-15-16-17)11(14-7-2)9-13(3,4)18-5/h10-11,14H,6-9H2,1-5H3. The third-order valence-electron chi connectivity index (χ3n) is 3.14. The Morgan fingerprint density at radius 1 is 1.44 bits per heavy atom. The fraction of sp³-hybridized carbons (Fsp3) is 0.846. The third-order valence-corrected chi connectivity index (χ3v) is 3.14. The summed E-state index contributed by atoms with van der Waals surface area (Å²) in [6, 6.07) is 0.228. The first-order valence-corrected chi connectivity index (χ1v) is 6.71. The average molecular weight is 254 g/mol. The highest BCUT2D eigenvalue weighted by molar-refractivity contribution is 5.04. The van der Waals surface area contributed by atoms with Crippen LogP contribution < -0.4 is 5.32 Å². The van der Waals surface area contributed by atoms with Gasteiger partial charge in [-0.15, -0.1) is 5.10 Å². The molecule has 0 amide bonds. The van der Waals surface area contributed by atoms with Gasteiger partial charge in [-0.25, -0.2) is 4.68 Å². The molecule has 0 spiro atoms. The number of rotatable bonds is 8. The molecule has 104 valence electrons. The second kappa shape index (κ2) is 6.85. The summed E-state index contributed by atoms with van der Waals surface area (Å²) in [6.45, 7) is 10.3. The van der Waals surface area contributed by atoms with Crippen LogP contribution in [-0.4, -0.2) is 34.2 Å². The molecule has 0 aliphatic heterocycles. The fourth-order valence-corrected chi connectivity index (χ4v) is 2.02. The number of aromatic nitrogens is 3. The van der Waals surface area contributed by atoms with Gasteiger partial charge in [0, 0.05) is 13.7 Å². The lowest BCUT2D eigenvalue weighted by atomic mass is 9.96. The topological polar surface area (TPSA) is 52.0 Å². The molecule has 0 aliphatic rings. The molecule has 0 fully saturated rings.